The molecule has 0 spiro atoms. The lowest BCUT2D eigenvalue weighted by atomic mass is 10.1. The van der Waals surface area contributed by atoms with Crippen LogP contribution in [-0.2, 0) is 19.6 Å². The number of ether oxygens (including phenoxy) is 1. The van der Waals surface area contributed by atoms with Gasteiger partial charge >= 0.3 is 0 Å². The van der Waals surface area contributed by atoms with Crippen molar-refractivity contribution in [2.24, 2.45) is 5.92 Å². The number of nitrogens with zero attached hydrogens (tertiary/aromatic N) is 5. The van der Waals surface area contributed by atoms with Crippen LogP contribution >= 0.6 is 0 Å². The number of aromatic nitrogens is 4. The SMILES string of the molecule is CC(C)Nc1ncc(-c2nccn2[C@@H]2COC[C@H]2CS(=O)(=O)N(C)C)cn1.O=CO. The summed E-state index contributed by atoms with van der Waals surface area (Å²) >= 11 is 0. The van der Waals surface area contributed by atoms with Crippen molar-refractivity contribution < 1.29 is 23.1 Å². The van der Waals surface area contributed by atoms with Crippen molar-refractivity contribution in [1.29, 1.82) is 0 Å². The van der Waals surface area contributed by atoms with E-state index >= 15 is 0 Å². The van der Waals surface area contributed by atoms with Crippen molar-refractivity contribution >= 4 is 22.4 Å². The summed E-state index contributed by atoms with van der Waals surface area (Å²) < 4.78 is 33.4. The van der Waals surface area contributed by atoms with Gasteiger partial charge in [0, 0.05) is 50.8 Å². The lowest BCUT2D eigenvalue weighted by molar-refractivity contribution is -0.122. The molecule has 0 unspecified atom stereocenters. The number of hydrogen-bond acceptors (Lipinski definition) is 8. The van der Waals surface area contributed by atoms with E-state index < -0.39 is 10.0 Å². The summed E-state index contributed by atoms with van der Waals surface area (Å²) in [6, 6.07) is 0.138. The molecule has 2 atom stereocenters. The predicted molar refractivity (Wildman–Crippen MR) is 112 cm³/mol. The smallest absolute Gasteiger partial charge is 0.290 e. The average Bonchev–Trinajstić information content (AvgIpc) is 3.31. The van der Waals surface area contributed by atoms with Crippen molar-refractivity contribution in [2.45, 2.75) is 25.9 Å². The third-order valence-corrected chi connectivity index (χ3v) is 6.46. The van der Waals surface area contributed by atoms with Gasteiger partial charge in [0.15, 0.2) is 0 Å². The van der Waals surface area contributed by atoms with E-state index in [1.54, 1.807) is 32.7 Å². The second-order valence-corrected chi connectivity index (χ2v) is 9.51. The first-order valence-corrected chi connectivity index (χ1v) is 11.0. The van der Waals surface area contributed by atoms with E-state index in [9.17, 15) is 8.42 Å². The summed E-state index contributed by atoms with van der Waals surface area (Å²) in [5, 5.41) is 10.0. The topological polar surface area (TPSA) is 140 Å². The molecular weight excluding hydrogens is 412 g/mol. The molecule has 0 aromatic carbocycles. The van der Waals surface area contributed by atoms with Crippen LogP contribution in [0, 0.1) is 5.92 Å². The first-order chi connectivity index (χ1) is 14.2. The first kappa shape index (κ1) is 23.7. The monoisotopic (exact) mass is 440 g/mol. The molecule has 11 nitrogen and oxygen atoms in total. The van der Waals surface area contributed by atoms with E-state index in [0.717, 1.165) is 5.56 Å². The number of nitrogens with one attached hydrogen (secondary N) is 1. The third kappa shape index (κ3) is 5.97. The molecule has 0 bridgehead atoms. The standard InChI is InChI=1S/C17H26N6O3S.CH2O2/c1-12(2)21-17-19-7-13(8-20-17)16-18-5-6-23(16)15-10-26-9-14(15)11-27(24,25)22(3)4;2-1-3/h5-8,12,14-15H,9-11H2,1-4H3,(H,19,20,21);1H,(H,2,3)/t14-,15+;/m0./s1. The predicted octanol–water partition coefficient (Wildman–Crippen LogP) is 0.940. The first-order valence-electron chi connectivity index (χ1n) is 9.37. The Morgan fingerprint density at radius 1 is 1.30 bits per heavy atom. The number of carboxylic acid groups (broad SMARTS) is 1. The minimum Gasteiger partial charge on any atom is -0.483 e. The van der Waals surface area contributed by atoms with Crippen LogP contribution in [0.25, 0.3) is 11.4 Å². The summed E-state index contributed by atoms with van der Waals surface area (Å²) in [6.07, 6.45) is 6.99. The van der Waals surface area contributed by atoms with Crippen molar-refractivity contribution in [3.63, 3.8) is 0 Å². The molecular formula is C18H28N6O5S. The van der Waals surface area contributed by atoms with Crippen molar-refractivity contribution in [3.8, 4) is 11.4 Å². The zero-order chi connectivity index (χ0) is 22.3. The molecule has 0 saturated carbocycles. The Hall–Kier alpha value is -2.57. The maximum Gasteiger partial charge on any atom is 0.290 e. The van der Waals surface area contributed by atoms with Gasteiger partial charge in [0.1, 0.15) is 5.82 Å². The van der Waals surface area contributed by atoms with Gasteiger partial charge in [-0.25, -0.2) is 27.7 Å². The Bertz CT molecular complexity index is 913. The van der Waals surface area contributed by atoms with Crippen LogP contribution in [0.3, 0.4) is 0 Å². The molecule has 3 heterocycles. The van der Waals surface area contributed by atoms with Gasteiger partial charge in [-0.1, -0.05) is 0 Å². The molecule has 12 heteroatoms. The van der Waals surface area contributed by atoms with E-state index in [-0.39, 0.29) is 30.2 Å². The fraction of sp³-hybridized carbons (Fsp3) is 0.556. The second kappa shape index (κ2) is 10.5. The average molecular weight is 441 g/mol. The number of carbonyl (C=O) groups is 1. The molecule has 2 N–H and O–H groups in total. The molecule has 1 saturated heterocycles. The molecule has 0 amide bonds. The van der Waals surface area contributed by atoms with Gasteiger partial charge in [-0.3, -0.25) is 4.79 Å². The van der Waals surface area contributed by atoms with Gasteiger partial charge in [0.25, 0.3) is 6.47 Å². The van der Waals surface area contributed by atoms with Crippen LogP contribution in [0.4, 0.5) is 5.95 Å². The molecule has 2 aromatic heterocycles. The summed E-state index contributed by atoms with van der Waals surface area (Å²) in [6.45, 7) is 4.64. The molecule has 166 valence electrons. The van der Waals surface area contributed by atoms with E-state index in [0.29, 0.717) is 25.0 Å². The third-order valence-electron chi connectivity index (χ3n) is 4.50. The maximum absolute atomic E-state index is 12.3. The Morgan fingerprint density at radius 3 is 2.50 bits per heavy atom. The van der Waals surface area contributed by atoms with Crippen molar-refractivity contribution in [3.05, 3.63) is 24.8 Å². The van der Waals surface area contributed by atoms with Crippen LogP contribution in [0.2, 0.25) is 0 Å². The van der Waals surface area contributed by atoms with Crippen LogP contribution < -0.4 is 5.32 Å². The van der Waals surface area contributed by atoms with Crippen molar-refractivity contribution in [1.82, 2.24) is 23.8 Å². The summed E-state index contributed by atoms with van der Waals surface area (Å²) in [5.41, 5.74) is 0.774. The second-order valence-electron chi connectivity index (χ2n) is 7.28. The highest BCUT2D eigenvalue weighted by Crippen LogP contribution is 2.31. The molecule has 1 aliphatic heterocycles. The Kier molecular flexibility index (Phi) is 8.26. The molecule has 2 aromatic rings. The van der Waals surface area contributed by atoms with Gasteiger partial charge in [0.05, 0.1) is 30.6 Å². The van der Waals surface area contributed by atoms with E-state index in [1.807, 2.05) is 24.6 Å². The maximum atomic E-state index is 12.3. The lowest BCUT2D eigenvalue weighted by Crippen LogP contribution is -2.32. The number of imidazole rings is 1. The molecule has 30 heavy (non-hydrogen) atoms. The molecule has 3 rings (SSSR count). The zero-order valence-electron chi connectivity index (χ0n) is 17.5. The van der Waals surface area contributed by atoms with Gasteiger partial charge in [-0.2, -0.15) is 0 Å². The highest BCUT2D eigenvalue weighted by atomic mass is 32.2. The van der Waals surface area contributed by atoms with Crippen LogP contribution in [0.1, 0.15) is 19.9 Å². The lowest BCUT2D eigenvalue weighted by Gasteiger charge is -2.22. The Morgan fingerprint density at radius 2 is 1.93 bits per heavy atom. The summed E-state index contributed by atoms with van der Waals surface area (Å²) in [5.74, 6) is 1.16. The minimum atomic E-state index is -3.31. The summed E-state index contributed by atoms with van der Waals surface area (Å²) in [7, 11) is -0.217. The van der Waals surface area contributed by atoms with E-state index in [4.69, 9.17) is 14.6 Å². The fourth-order valence-electron chi connectivity index (χ4n) is 3.05. The highest BCUT2D eigenvalue weighted by Gasteiger charge is 2.35. The van der Waals surface area contributed by atoms with E-state index in [1.165, 1.54) is 4.31 Å². The van der Waals surface area contributed by atoms with Crippen molar-refractivity contribution in [2.75, 3.05) is 38.4 Å². The summed E-state index contributed by atoms with van der Waals surface area (Å²) in [4.78, 5) is 21.5. The Balaban J connectivity index is 0.00000101. The van der Waals surface area contributed by atoms with Gasteiger partial charge in [-0.15, -0.1) is 0 Å². The molecule has 1 fully saturated rings. The molecule has 0 radical (unpaired) electrons. The van der Waals surface area contributed by atoms with Gasteiger partial charge in [0.2, 0.25) is 16.0 Å². The number of sulfonamides is 1. The minimum absolute atomic E-state index is 0.0377. The number of rotatable bonds is 7. The van der Waals surface area contributed by atoms with Crippen LogP contribution in [-0.4, -0.2) is 82.9 Å². The molecule has 1 aliphatic rings. The number of hydrogen-bond donors (Lipinski definition) is 2. The van der Waals surface area contributed by atoms with E-state index in [2.05, 4.69) is 20.3 Å². The number of anilines is 1. The van der Waals surface area contributed by atoms with Gasteiger partial charge < -0.3 is 19.7 Å². The normalized spacial score (nSPS) is 18.9. The van der Waals surface area contributed by atoms with Gasteiger partial charge in [-0.05, 0) is 13.8 Å². The quantitative estimate of drug-likeness (QED) is 0.602. The zero-order valence-corrected chi connectivity index (χ0v) is 18.3. The van der Waals surface area contributed by atoms with Crippen LogP contribution in [0.15, 0.2) is 24.8 Å². The largest absolute Gasteiger partial charge is 0.483 e. The fourth-order valence-corrected chi connectivity index (χ4v) is 4.21. The van der Waals surface area contributed by atoms with Crippen LogP contribution in [0.5, 0.6) is 0 Å². The Labute approximate surface area is 176 Å². The molecule has 0 aliphatic carbocycles. The highest BCUT2D eigenvalue weighted by molar-refractivity contribution is 7.89.